The van der Waals surface area contributed by atoms with Crippen molar-refractivity contribution in [1.82, 2.24) is 29.6 Å². The van der Waals surface area contributed by atoms with Crippen LogP contribution in [0.1, 0.15) is 99.8 Å². The van der Waals surface area contributed by atoms with Crippen molar-refractivity contribution >= 4 is 35.8 Å². The summed E-state index contributed by atoms with van der Waals surface area (Å²) in [6.07, 6.45) is 4.13. The fourth-order valence-corrected chi connectivity index (χ4v) is 11.4. The first-order chi connectivity index (χ1) is 31.3. The number of amides is 4. The molecule has 20 heteroatoms. The van der Waals surface area contributed by atoms with Crippen LogP contribution >= 0.6 is 0 Å². The lowest BCUT2D eigenvalue weighted by molar-refractivity contribution is -0.144. The standard InChI is InChI=1S/2C23H28F3N3O4/c2*1-2-5-13-8-9-16-19-18(20(31)27-12-23(24,25)26)15(11-30)17(10-28(16)21(13)32)29(19)22(33)14-6-3-4-7-14/h2*2,5,8-9,14-15,17-19,30H,3-4,6-7,10-12H2,1H3,(H,27,31)/b5-2+;5-2-/t2*15-,17-,18+,19+/m11/s1. The molecule has 4 N–H and O–H groups in total. The zero-order valence-corrected chi connectivity index (χ0v) is 36.7. The Morgan fingerprint density at radius 1 is 0.621 bits per heavy atom. The van der Waals surface area contributed by atoms with E-state index in [0.717, 1.165) is 51.4 Å². The average Bonchev–Trinajstić information content (AvgIpc) is 4.09. The highest BCUT2D eigenvalue weighted by Gasteiger charge is 2.60. The monoisotopic (exact) mass is 934 g/mol. The van der Waals surface area contributed by atoms with E-state index < -0.39 is 98.3 Å². The molecule has 0 radical (unpaired) electrons. The Hall–Kier alpha value is -5.24. The van der Waals surface area contributed by atoms with Gasteiger partial charge in [-0.05, 0) is 63.8 Å². The minimum absolute atomic E-state index is 0.0861. The van der Waals surface area contributed by atoms with E-state index in [-0.39, 0.29) is 47.9 Å². The SMILES string of the molecule is C/C=C/c1ccc2n(c1=O)C[C@@H]1[C@@H](CO)[C@H](C(=O)NCC(F)(F)F)[C@H]2N1C(=O)C1CCCC1.C/C=C\c1ccc2n(c1=O)C[C@@H]1[C@@H](CO)[C@H](C(=O)NCC(F)(F)F)[C@H]2N1C(=O)C1CCCC1. The maximum Gasteiger partial charge on any atom is 0.405 e. The van der Waals surface area contributed by atoms with Crippen molar-refractivity contribution in [2.24, 2.45) is 35.5 Å². The molecule has 2 saturated heterocycles. The summed E-state index contributed by atoms with van der Waals surface area (Å²) in [5.41, 5.74) is 1.13. The third kappa shape index (κ3) is 9.35. The Balaban J connectivity index is 0.000000196. The second kappa shape index (κ2) is 19.5. The van der Waals surface area contributed by atoms with E-state index in [1.807, 2.05) is 10.6 Å². The Labute approximate surface area is 376 Å². The number of alkyl halides is 6. The van der Waals surface area contributed by atoms with Crippen molar-refractivity contribution < 1.29 is 55.7 Å². The third-order valence-corrected chi connectivity index (χ3v) is 14.3. The smallest absolute Gasteiger partial charge is 0.396 e. The predicted molar refractivity (Wildman–Crippen MR) is 228 cm³/mol. The minimum atomic E-state index is -4.59. The first kappa shape index (κ1) is 48.7. The Morgan fingerprint density at radius 2 is 0.970 bits per heavy atom. The van der Waals surface area contributed by atoms with Gasteiger partial charge in [-0.15, -0.1) is 0 Å². The highest BCUT2D eigenvalue weighted by molar-refractivity contribution is 5.86. The van der Waals surface area contributed by atoms with Crippen LogP contribution in [0.25, 0.3) is 12.2 Å². The maximum atomic E-state index is 13.5. The lowest BCUT2D eigenvalue weighted by Crippen LogP contribution is -2.50. The highest BCUT2D eigenvalue weighted by atomic mass is 19.4. The number of hydrogen-bond acceptors (Lipinski definition) is 8. The van der Waals surface area contributed by atoms with E-state index in [9.17, 15) is 65.3 Å². The second-order valence-corrected chi connectivity index (χ2v) is 18.1. The molecule has 6 heterocycles. The Morgan fingerprint density at radius 3 is 1.27 bits per heavy atom. The number of carbonyl (C=O) groups excluding carboxylic acids is 4. The van der Waals surface area contributed by atoms with Crippen LogP contribution < -0.4 is 21.8 Å². The molecule has 6 aliphatic rings. The molecule has 66 heavy (non-hydrogen) atoms. The first-order valence-corrected chi connectivity index (χ1v) is 22.6. The molecule has 8 rings (SSSR count). The number of aliphatic hydroxyl groups excluding tert-OH is 2. The molecule has 0 aromatic carbocycles. The van der Waals surface area contributed by atoms with Crippen LogP contribution in [0, 0.1) is 35.5 Å². The summed E-state index contributed by atoms with van der Waals surface area (Å²) in [6, 6.07) is 3.41. The molecule has 2 aliphatic carbocycles. The lowest BCUT2D eigenvalue weighted by atomic mass is 9.86. The number of nitrogens with zero attached hydrogens (tertiary/aromatic N) is 4. The van der Waals surface area contributed by atoms with Gasteiger partial charge in [0, 0.05) is 72.5 Å². The second-order valence-electron chi connectivity index (χ2n) is 18.1. The molecule has 4 bridgehead atoms. The van der Waals surface area contributed by atoms with Gasteiger partial charge in [-0.1, -0.05) is 50.0 Å². The van der Waals surface area contributed by atoms with Gasteiger partial charge < -0.3 is 39.8 Å². The predicted octanol–water partition coefficient (Wildman–Crippen LogP) is 4.48. The molecule has 2 aromatic heterocycles. The summed E-state index contributed by atoms with van der Waals surface area (Å²) >= 11 is 0. The largest absolute Gasteiger partial charge is 0.405 e. The topological polar surface area (TPSA) is 183 Å². The van der Waals surface area contributed by atoms with Crippen LogP contribution in [-0.4, -0.2) is 104 Å². The minimum Gasteiger partial charge on any atom is -0.396 e. The van der Waals surface area contributed by atoms with Crippen molar-refractivity contribution in [3.05, 3.63) is 79.6 Å². The van der Waals surface area contributed by atoms with Crippen LogP contribution in [0.2, 0.25) is 0 Å². The number of pyridine rings is 2. The van der Waals surface area contributed by atoms with E-state index in [2.05, 4.69) is 0 Å². The molecular weight excluding hydrogens is 879 g/mol. The highest BCUT2D eigenvalue weighted by Crippen LogP contribution is 2.51. The molecule has 2 saturated carbocycles. The average molecular weight is 935 g/mol. The van der Waals surface area contributed by atoms with E-state index in [1.54, 1.807) is 72.2 Å². The van der Waals surface area contributed by atoms with Crippen LogP contribution in [0.5, 0.6) is 0 Å². The summed E-state index contributed by atoms with van der Waals surface area (Å²) < 4.78 is 79.7. The van der Waals surface area contributed by atoms with Gasteiger partial charge in [0.1, 0.15) is 13.1 Å². The Bertz CT molecular complexity index is 2190. The zero-order valence-electron chi connectivity index (χ0n) is 36.7. The number of halogens is 6. The fraction of sp³-hybridized carbons (Fsp3) is 0.609. The van der Waals surface area contributed by atoms with Crippen LogP contribution in [0.4, 0.5) is 26.3 Å². The van der Waals surface area contributed by atoms with Crippen molar-refractivity contribution in [2.45, 2.75) is 115 Å². The molecule has 14 nitrogen and oxygen atoms in total. The maximum absolute atomic E-state index is 13.5. The summed E-state index contributed by atoms with van der Waals surface area (Å²) in [6.45, 7) is -0.237. The van der Waals surface area contributed by atoms with Crippen molar-refractivity contribution in [3.8, 4) is 0 Å². The van der Waals surface area contributed by atoms with Crippen LogP contribution in [0.15, 0.2) is 46.0 Å². The van der Waals surface area contributed by atoms with Gasteiger partial charge >= 0.3 is 12.4 Å². The lowest BCUT2D eigenvalue weighted by Gasteiger charge is -2.39. The fourth-order valence-electron chi connectivity index (χ4n) is 11.4. The number of allylic oxidation sites excluding steroid dienone is 2. The van der Waals surface area contributed by atoms with E-state index in [0.29, 0.717) is 22.5 Å². The number of aliphatic hydroxyl groups is 2. The molecule has 4 amide bonds. The molecule has 0 unspecified atom stereocenters. The van der Waals surface area contributed by atoms with Crippen molar-refractivity contribution in [3.63, 3.8) is 0 Å². The van der Waals surface area contributed by atoms with E-state index in [1.165, 1.54) is 9.13 Å². The number of carbonyl (C=O) groups is 4. The molecule has 8 atom stereocenters. The molecule has 0 spiro atoms. The van der Waals surface area contributed by atoms with Gasteiger partial charge in [0.05, 0.1) is 36.0 Å². The van der Waals surface area contributed by atoms with E-state index in [4.69, 9.17) is 0 Å². The van der Waals surface area contributed by atoms with Crippen molar-refractivity contribution in [1.29, 1.82) is 0 Å². The number of rotatable bonds is 10. The summed E-state index contributed by atoms with van der Waals surface area (Å²) in [5, 5.41) is 24.2. The normalized spacial score (nSPS) is 27.2. The molecule has 4 fully saturated rings. The number of aromatic nitrogens is 2. The summed E-state index contributed by atoms with van der Waals surface area (Å²) in [4.78, 5) is 82.3. The number of fused-ring (bicyclic) bond motifs is 8. The third-order valence-electron chi connectivity index (χ3n) is 14.3. The van der Waals surface area contributed by atoms with Gasteiger partial charge in [-0.2, -0.15) is 26.3 Å². The van der Waals surface area contributed by atoms with Gasteiger partial charge in [0.25, 0.3) is 11.1 Å². The first-order valence-electron chi connectivity index (χ1n) is 22.6. The quantitative estimate of drug-likeness (QED) is 0.252. The molecular formula is C46H56F6N6O8. The molecule has 360 valence electrons. The van der Waals surface area contributed by atoms with E-state index >= 15 is 0 Å². The van der Waals surface area contributed by atoms with Crippen LogP contribution in [-0.2, 0) is 32.3 Å². The van der Waals surface area contributed by atoms with Gasteiger partial charge in [0.15, 0.2) is 0 Å². The van der Waals surface area contributed by atoms with Crippen LogP contribution in [0.3, 0.4) is 0 Å². The number of hydrogen-bond donors (Lipinski definition) is 4. The Kier molecular flexibility index (Phi) is 14.4. The molecule has 2 aromatic rings. The van der Waals surface area contributed by atoms with Gasteiger partial charge in [0.2, 0.25) is 23.6 Å². The summed E-state index contributed by atoms with van der Waals surface area (Å²) in [5.74, 6) is -6.22. The van der Waals surface area contributed by atoms with Crippen molar-refractivity contribution in [2.75, 3.05) is 26.3 Å². The number of nitrogens with one attached hydrogen (secondary N) is 2. The van der Waals surface area contributed by atoms with Gasteiger partial charge in [-0.25, -0.2) is 0 Å². The summed E-state index contributed by atoms with van der Waals surface area (Å²) in [7, 11) is 0. The van der Waals surface area contributed by atoms with Gasteiger partial charge in [-0.3, -0.25) is 28.8 Å². The molecule has 4 aliphatic heterocycles. The zero-order chi connectivity index (χ0) is 47.8.